The molecule has 1 amide bonds. The molecule has 0 aromatic carbocycles. The number of ether oxygens (including phenoxy) is 1. The van der Waals surface area contributed by atoms with Crippen LogP contribution < -0.4 is 20.7 Å². The third-order valence-electron chi connectivity index (χ3n) is 7.71. The molecule has 0 spiro atoms. The molecule has 13 nitrogen and oxygen atoms in total. The quantitative estimate of drug-likeness (QED) is 0.302. The summed E-state index contributed by atoms with van der Waals surface area (Å²) in [5.41, 5.74) is 3.49. The van der Waals surface area contributed by atoms with Crippen molar-refractivity contribution in [3.05, 3.63) is 35.9 Å². The Morgan fingerprint density at radius 3 is 2.80 bits per heavy atom. The van der Waals surface area contributed by atoms with Gasteiger partial charge in [0.05, 0.1) is 35.1 Å². The van der Waals surface area contributed by atoms with Crippen molar-refractivity contribution in [2.45, 2.75) is 52.1 Å². The lowest BCUT2D eigenvalue weighted by Crippen LogP contribution is -2.43. The fraction of sp³-hybridized carbons (Fsp3) is 0.481. The standard InChI is InChI=1S/C27H35N11O2/c1-17-20(13-18(14-29-17)24(39)28-8-11-37-9-5-7-27(37,2)3)32-22-19-15-30-26(34-23(19)36(4)35-22)33-21-16-31-38-10-6-12-40-25(21)38/h13-16H,5-12H2,1-4H3,(H,28,39)(H,32,35)(H,30,33,34). The molecule has 210 valence electrons. The minimum atomic E-state index is -0.149. The molecule has 0 radical (unpaired) electrons. The van der Waals surface area contributed by atoms with Crippen LogP contribution in [0.3, 0.4) is 0 Å². The first kappa shape index (κ1) is 26.0. The first-order valence-electron chi connectivity index (χ1n) is 13.7. The predicted octanol–water partition coefficient (Wildman–Crippen LogP) is 3.14. The van der Waals surface area contributed by atoms with Gasteiger partial charge >= 0.3 is 0 Å². The monoisotopic (exact) mass is 545 g/mol. The van der Waals surface area contributed by atoms with Crippen molar-refractivity contribution in [2.75, 3.05) is 36.9 Å². The lowest BCUT2D eigenvalue weighted by atomic mass is 10.0. The van der Waals surface area contributed by atoms with Crippen molar-refractivity contribution in [1.29, 1.82) is 0 Å². The summed E-state index contributed by atoms with van der Waals surface area (Å²) in [5, 5.41) is 19.3. The molecule has 0 unspecified atom stereocenters. The summed E-state index contributed by atoms with van der Waals surface area (Å²) in [6, 6.07) is 1.80. The van der Waals surface area contributed by atoms with Crippen LogP contribution in [0, 0.1) is 6.92 Å². The van der Waals surface area contributed by atoms with E-state index in [0.29, 0.717) is 47.7 Å². The number of aryl methyl sites for hydroxylation is 3. The maximum Gasteiger partial charge on any atom is 0.252 e. The van der Waals surface area contributed by atoms with Crippen LogP contribution in [0.15, 0.2) is 24.7 Å². The topological polar surface area (TPSA) is 140 Å². The number of pyridine rings is 1. The van der Waals surface area contributed by atoms with Gasteiger partial charge in [-0.1, -0.05) is 0 Å². The van der Waals surface area contributed by atoms with Crippen LogP contribution in [0.4, 0.5) is 23.1 Å². The smallest absolute Gasteiger partial charge is 0.252 e. The second kappa shape index (κ2) is 10.4. The number of anilines is 4. The average Bonchev–Trinajstić information content (AvgIpc) is 3.60. The minimum Gasteiger partial charge on any atom is -0.476 e. The molecule has 6 rings (SSSR count). The molecule has 1 saturated heterocycles. The Hall–Kier alpha value is -4.26. The molecule has 6 heterocycles. The number of nitrogens with one attached hydrogen (secondary N) is 3. The molecule has 13 heteroatoms. The van der Waals surface area contributed by atoms with E-state index in [1.165, 1.54) is 12.8 Å². The van der Waals surface area contributed by atoms with E-state index in [2.05, 4.69) is 59.8 Å². The number of likely N-dealkylation sites (tertiary alicyclic amines) is 1. The van der Waals surface area contributed by atoms with Crippen molar-refractivity contribution < 1.29 is 9.53 Å². The highest BCUT2D eigenvalue weighted by Gasteiger charge is 2.31. The summed E-state index contributed by atoms with van der Waals surface area (Å²) in [6.45, 7) is 10.4. The molecule has 1 fully saturated rings. The van der Waals surface area contributed by atoms with Crippen molar-refractivity contribution in [2.24, 2.45) is 7.05 Å². The molecule has 0 atom stereocenters. The van der Waals surface area contributed by atoms with Crippen LogP contribution in [0.25, 0.3) is 11.0 Å². The van der Waals surface area contributed by atoms with Gasteiger partial charge in [-0.05, 0) is 46.2 Å². The summed E-state index contributed by atoms with van der Waals surface area (Å²) >= 11 is 0. The molecule has 3 N–H and O–H groups in total. The number of fused-ring (bicyclic) bond motifs is 2. The van der Waals surface area contributed by atoms with Gasteiger partial charge < -0.3 is 20.7 Å². The Morgan fingerprint density at radius 2 is 1.98 bits per heavy atom. The second-order valence-corrected chi connectivity index (χ2v) is 11.0. The van der Waals surface area contributed by atoms with Crippen LogP contribution in [0.2, 0.25) is 0 Å². The van der Waals surface area contributed by atoms with E-state index < -0.39 is 0 Å². The van der Waals surface area contributed by atoms with Gasteiger partial charge in [0, 0.05) is 51.0 Å². The fourth-order valence-electron chi connectivity index (χ4n) is 5.36. The zero-order chi connectivity index (χ0) is 27.9. The number of rotatable bonds is 8. The number of aromatic nitrogens is 7. The lowest BCUT2D eigenvalue weighted by Gasteiger charge is -2.31. The lowest BCUT2D eigenvalue weighted by molar-refractivity contribution is 0.0940. The molecule has 0 bridgehead atoms. The van der Waals surface area contributed by atoms with E-state index in [9.17, 15) is 4.79 Å². The first-order valence-corrected chi connectivity index (χ1v) is 13.7. The number of nitrogens with zero attached hydrogens (tertiary/aromatic N) is 8. The van der Waals surface area contributed by atoms with Crippen LogP contribution in [-0.2, 0) is 13.6 Å². The molecule has 2 aliphatic heterocycles. The number of hydrogen-bond donors (Lipinski definition) is 3. The summed E-state index contributed by atoms with van der Waals surface area (Å²) in [6.07, 6.45) is 8.36. The molecule has 4 aromatic heterocycles. The normalized spacial score (nSPS) is 16.5. The number of carbonyl (C=O) groups excluding carboxylic acids is 1. The largest absolute Gasteiger partial charge is 0.476 e. The highest BCUT2D eigenvalue weighted by atomic mass is 16.5. The maximum absolute atomic E-state index is 12.9. The Bertz CT molecular complexity index is 1560. The molecule has 40 heavy (non-hydrogen) atoms. The summed E-state index contributed by atoms with van der Waals surface area (Å²) in [4.78, 5) is 29.0. The molecular formula is C27H35N11O2. The van der Waals surface area contributed by atoms with E-state index >= 15 is 0 Å². The van der Waals surface area contributed by atoms with Gasteiger partial charge in [0.25, 0.3) is 5.91 Å². The highest BCUT2D eigenvalue weighted by Crippen LogP contribution is 2.31. The maximum atomic E-state index is 12.9. The van der Waals surface area contributed by atoms with Crippen molar-refractivity contribution in [3.63, 3.8) is 0 Å². The number of hydrogen-bond acceptors (Lipinski definition) is 10. The van der Waals surface area contributed by atoms with Crippen molar-refractivity contribution in [3.8, 4) is 5.88 Å². The van der Waals surface area contributed by atoms with Gasteiger partial charge in [0.1, 0.15) is 5.69 Å². The second-order valence-electron chi connectivity index (χ2n) is 11.0. The van der Waals surface area contributed by atoms with E-state index in [4.69, 9.17) is 4.74 Å². The number of amides is 1. The van der Waals surface area contributed by atoms with Gasteiger partial charge in [-0.3, -0.25) is 14.7 Å². The Balaban J connectivity index is 1.16. The minimum absolute atomic E-state index is 0.149. The Labute approximate surface area is 232 Å². The molecule has 2 aliphatic rings. The van der Waals surface area contributed by atoms with Crippen LogP contribution in [0.1, 0.15) is 49.2 Å². The zero-order valence-corrected chi connectivity index (χ0v) is 23.4. The average molecular weight is 546 g/mol. The van der Waals surface area contributed by atoms with Gasteiger partial charge in [-0.25, -0.2) is 14.3 Å². The van der Waals surface area contributed by atoms with Crippen molar-refractivity contribution in [1.82, 2.24) is 44.7 Å². The van der Waals surface area contributed by atoms with E-state index in [1.54, 1.807) is 29.3 Å². The summed E-state index contributed by atoms with van der Waals surface area (Å²) < 4.78 is 9.27. The van der Waals surface area contributed by atoms with Gasteiger partial charge in [0.2, 0.25) is 11.8 Å². The van der Waals surface area contributed by atoms with E-state index in [1.807, 2.05) is 18.7 Å². The van der Waals surface area contributed by atoms with E-state index in [0.717, 1.165) is 42.8 Å². The molecule has 0 aliphatic carbocycles. The van der Waals surface area contributed by atoms with Gasteiger partial charge in [-0.2, -0.15) is 15.2 Å². The fourth-order valence-corrected chi connectivity index (χ4v) is 5.36. The molecular weight excluding hydrogens is 510 g/mol. The first-order chi connectivity index (χ1) is 19.3. The van der Waals surface area contributed by atoms with E-state index in [-0.39, 0.29) is 11.4 Å². The molecule has 4 aromatic rings. The third kappa shape index (κ3) is 5.04. The highest BCUT2D eigenvalue weighted by molar-refractivity contribution is 5.96. The summed E-state index contributed by atoms with van der Waals surface area (Å²) in [7, 11) is 1.83. The van der Waals surface area contributed by atoms with Gasteiger partial charge in [0.15, 0.2) is 11.5 Å². The van der Waals surface area contributed by atoms with Crippen LogP contribution in [-0.4, -0.2) is 77.1 Å². The van der Waals surface area contributed by atoms with Gasteiger partial charge in [-0.15, -0.1) is 0 Å². The molecule has 0 saturated carbocycles. The Morgan fingerprint density at radius 1 is 1.10 bits per heavy atom. The van der Waals surface area contributed by atoms with Crippen LogP contribution >= 0.6 is 0 Å². The summed E-state index contributed by atoms with van der Waals surface area (Å²) in [5.74, 6) is 1.53. The third-order valence-corrected chi connectivity index (χ3v) is 7.71. The predicted molar refractivity (Wildman–Crippen MR) is 151 cm³/mol. The SMILES string of the molecule is Cc1ncc(C(=O)NCCN2CCCC2(C)C)cc1Nc1nn(C)c2nc(Nc3cnn4c3OCCC4)ncc12. The van der Waals surface area contributed by atoms with Crippen LogP contribution in [0.5, 0.6) is 5.88 Å². The van der Waals surface area contributed by atoms with Crippen molar-refractivity contribution >= 4 is 40.1 Å². The number of carbonyl (C=O) groups is 1. The zero-order valence-electron chi connectivity index (χ0n) is 23.4. The Kier molecular flexibility index (Phi) is 6.74.